The number of amides is 1. The van der Waals surface area contributed by atoms with E-state index >= 15 is 0 Å². The molecule has 23 heavy (non-hydrogen) atoms. The number of carboxylic acid groups (broad SMARTS) is 1. The van der Waals surface area contributed by atoms with Crippen molar-refractivity contribution >= 4 is 61.8 Å². The number of benzene rings is 2. The molecule has 0 unspecified atom stereocenters. The SMILES string of the molecule is O=C(O)c1ccc2nc(NC(=O)c3ccc(Cl)cc3Cl)sc2c1. The van der Waals surface area contributed by atoms with E-state index in [1.165, 1.54) is 35.6 Å². The topological polar surface area (TPSA) is 79.3 Å². The first kappa shape index (κ1) is 15.7. The number of nitrogens with one attached hydrogen (secondary N) is 1. The average Bonchev–Trinajstić information content (AvgIpc) is 2.87. The number of rotatable bonds is 3. The Labute approximate surface area is 144 Å². The van der Waals surface area contributed by atoms with Crippen LogP contribution in [0, 0.1) is 0 Å². The summed E-state index contributed by atoms with van der Waals surface area (Å²) in [7, 11) is 0. The third kappa shape index (κ3) is 3.29. The molecule has 1 amide bonds. The summed E-state index contributed by atoms with van der Waals surface area (Å²) in [5.74, 6) is -1.43. The Bertz CT molecular complexity index is 940. The first-order valence-electron chi connectivity index (χ1n) is 6.34. The molecule has 3 aromatic rings. The summed E-state index contributed by atoms with van der Waals surface area (Å²) in [6, 6.07) is 9.15. The number of aromatic nitrogens is 1. The zero-order valence-corrected chi connectivity index (χ0v) is 13.7. The number of hydrogen-bond acceptors (Lipinski definition) is 4. The summed E-state index contributed by atoms with van der Waals surface area (Å²) >= 11 is 13.0. The molecule has 0 saturated heterocycles. The van der Waals surface area contributed by atoms with E-state index in [9.17, 15) is 9.59 Å². The van der Waals surface area contributed by atoms with Crippen LogP contribution in [0.4, 0.5) is 5.13 Å². The minimum atomic E-state index is -1.01. The van der Waals surface area contributed by atoms with Crippen molar-refractivity contribution in [2.24, 2.45) is 0 Å². The van der Waals surface area contributed by atoms with Gasteiger partial charge in [-0.1, -0.05) is 34.5 Å². The summed E-state index contributed by atoms with van der Waals surface area (Å²) in [6.07, 6.45) is 0. The lowest BCUT2D eigenvalue weighted by molar-refractivity contribution is 0.0697. The fourth-order valence-corrected chi connectivity index (χ4v) is 3.34. The maximum atomic E-state index is 12.2. The van der Waals surface area contributed by atoms with Crippen molar-refractivity contribution < 1.29 is 14.7 Å². The first-order chi connectivity index (χ1) is 10.9. The third-order valence-corrected chi connectivity index (χ3v) is 4.51. The number of thiazole rings is 1. The highest BCUT2D eigenvalue weighted by molar-refractivity contribution is 7.22. The van der Waals surface area contributed by atoms with Gasteiger partial charge in [-0.2, -0.15) is 0 Å². The fraction of sp³-hybridized carbons (Fsp3) is 0. The number of halogens is 2. The zero-order chi connectivity index (χ0) is 16.6. The minimum Gasteiger partial charge on any atom is -0.478 e. The molecule has 2 aromatic carbocycles. The molecule has 1 heterocycles. The standard InChI is InChI=1S/C15H8Cl2N2O3S/c16-8-2-3-9(10(17)6-8)13(20)19-15-18-11-4-1-7(14(21)22)5-12(11)23-15/h1-6H,(H,21,22)(H,18,19,20). The summed E-state index contributed by atoms with van der Waals surface area (Å²) < 4.78 is 0.669. The maximum Gasteiger partial charge on any atom is 0.335 e. The lowest BCUT2D eigenvalue weighted by atomic mass is 10.2. The smallest absolute Gasteiger partial charge is 0.335 e. The molecule has 0 spiro atoms. The highest BCUT2D eigenvalue weighted by atomic mass is 35.5. The van der Waals surface area contributed by atoms with E-state index in [4.69, 9.17) is 28.3 Å². The molecule has 3 rings (SSSR count). The van der Waals surface area contributed by atoms with Crippen molar-refractivity contribution in [3.8, 4) is 0 Å². The molecule has 0 atom stereocenters. The van der Waals surface area contributed by atoms with Crippen molar-refractivity contribution in [2.45, 2.75) is 0 Å². The number of hydrogen-bond donors (Lipinski definition) is 2. The molecular weight excluding hydrogens is 359 g/mol. The Morgan fingerprint density at radius 3 is 2.61 bits per heavy atom. The van der Waals surface area contributed by atoms with Gasteiger partial charge >= 0.3 is 5.97 Å². The Kier molecular flexibility index (Phi) is 4.21. The molecule has 116 valence electrons. The molecule has 0 bridgehead atoms. The van der Waals surface area contributed by atoms with Crippen LogP contribution in [0.15, 0.2) is 36.4 Å². The van der Waals surface area contributed by atoms with Crippen LogP contribution < -0.4 is 5.32 Å². The van der Waals surface area contributed by atoms with Gasteiger partial charge in [-0.25, -0.2) is 9.78 Å². The largest absolute Gasteiger partial charge is 0.478 e. The van der Waals surface area contributed by atoms with Crippen LogP contribution in [-0.4, -0.2) is 22.0 Å². The highest BCUT2D eigenvalue weighted by Gasteiger charge is 2.14. The van der Waals surface area contributed by atoms with Gasteiger partial charge in [0.15, 0.2) is 5.13 Å². The van der Waals surface area contributed by atoms with Crippen LogP contribution in [0.3, 0.4) is 0 Å². The van der Waals surface area contributed by atoms with E-state index in [2.05, 4.69) is 10.3 Å². The minimum absolute atomic E-state index is 0.166. The zero-order valence-electron chi connectivity index (χ0n) is 11.3. The maximum absolute atomic E-state index is 12.2. The van der Waals surface area contributed by atoms with Crippen LogP contribution in [0.1, 0.15) is 20.7 Å². The number of carboxylic acids is 1. The number of fused-ring (bicyclic) bond motifs is 1. The molecule has 0 saturated carbocycles. The molecule has 5 nitrogen and oxygen atoms in total. The van der Waals surface area contributed by atoms with E-state index in [-0.39, 0.29) is 16.1 Å². The van der Waals surface area contributed by atoms with Crippen LogP contribution in [0.25, 0.3) is 10.2 Å². The van der Waals surface area contributed by atoms with Gasteiger partial charge in [-0.05, 0) is 36.4 Å². The van der Waals surface area contributed by atoms with Crippen LogP contribution in [0.2, 0.25) is 10.0 Å². The van der Waals surface area contributed by atoms with E-state index in [1.807, 2.05) is 0 Å². The lowest BCUT2D eigenvalue weighted by Crippen LogP contribution is -2.12. The number of nitrogens with zero attached hydrogens (tertiary/aromatic N) is 1. The lowest BCUT2D eigenvalue weighted by Gasteiger charge is -2.04. The van der Waals surface area contributed by atoms with E-state index in [0.29, 0.717) is 20.4 Å². The van der Waals surface area contributed by atoms with Gasteiger partial charge in [-0.15, -0.1) is 0 Å². The van der Waals surface area contributed by atoms with Crippen LogP contribution >= 0.6 is 34.5 Å². The number of aromatic carboxylic acids is 1. The second kappa shape index (κ2) is 6.16. The monoisotopic (exact) mass is 366 g/mol. The predicted molar refractivity (Wildman–Crippen MR) is 91.0 cm³/mol. The van der Waals surface area contributed by atoms with Crippen molar-refractivity contribution in [3.63, 3.8) is 0 Å². The van der Waals surface area contributed by atoms with Crippen LogP contribution in [-0.2, 0) is 0 Å². The van der Waals surface area contributed by atoms with Gasteiger partial charge in [-0.3, -0.25) is 10.1 Å². The fourth-order valence-electron chi connectivity index (χ4n) is 1.95. The number of carbonyl (C=O) groups is 2. The van der Waals surface area contributed by atoms with E-state index < -0.39 is 11.9 Å². The van der Waals surface area contributed by atoms with Gasteiger partial charge in [0.1, 0.15) is 0 Å². The Morgan fingerprint density at radius 1 is 1.13 bits per heavy atom. The van der Waals surface area contributed by atoms with Gasteiger partial charge in [0, 0.05) is 5.02 Å². The Balaban J connectivity index is 1.89. The second-order valence-corrected chi connectivity index (χ2v) is 6.46. The quantitative estimate of drug-likeness (QED) is 0.712. The molecule has 2 N–H and O–H groups in total. The van der Waals surface area contributed by atoms with Gasteiger partial charge in [0.2, 0.25) is 0 Å². The first-order valence-corrected chi connectivity index (χ1v) is 7.91. The van der Waals surface area contributed by atoms with E-state index in [0.717, 1.165) is 0 Å². The third-order valence-electron chi connectivity index (χ3n) is 3.03. The highest BCUT2D eigenvalue weighted by Crippen LogP contribution is 2.28. The number of anilines is 1. The van der Waals surface area contributed by atoms with Crippen molar-refractivity contribution in [3.05, 3.63) is 57.6 Å². The summed E-state index contributed by atoms with van der Waals surface area (Å²) in [5.41, 5.74) is 1.05. The van der Waals surface area contributed by atoms with E-state index in [1.54, 1.807) is 12.1 Å². The molecule has 0 radical (unpaired) electrons. The van der Waals surface area contributed by atoms with Gasteiger partial charge < -0.3 is 5.11 Å². The Hall–Kier alpha value is -2.15. The predicted octanol–water partition coefficient (Wildman–Crippen LogP) is 4.55. The second-order valence-electron chi connectivity index (χ2n) is 4.58. The Morgan fingerprint density at radius 2 is 1.91 bits per heavy atom. The van der Waals surface area contributed by atoms with Gasteiger partial charge in [0.25, 0.3) is 5.91 Å². The molecule has 0 aliphatic carbocycles. The van der Waals surface area contributed by atoms with Crippen LogP contribution in [0.5, 0.6) is 0 Å². The molecule has 0 aliphatic heterocycles. The average molecular weight is 367 g/mol. The normalized spacial score (nSPS) is 10.7. The molecule has 1 aromatic heterocycles. The molecule has 0 fully saturated rings. The summed E-state index contributed by atoms with van der Waals surface area (Å²) in [5, 5.41) is 12.7. The summed E-state index contributed by atoms with van der Waals surface area (Å²) in [6.45, 7) is 0. The van der Waals surface area contributed by atoms with Crippen molar-refractivity contribution in [2.75, 3.05) is 5.32 Å². The summed E-state index contributed by atoms with van der Waals surface area (Å²) in [4.78, 5) is 27.5. The molecule has 8 heteroatoms. The number of carbonyl (C=O) groups excluding carboxylic acids is 1. The van der Waals surface area contributed by atoms with Crippen molar-refractivity contribution in [1.29, 1.82) is 0 Å². The molecule has 0 aliphatic rings. The molecular formula is C15H8Cl2N2O3S. The van der Waals surface area contributed by atoms with Gasteiger partial charge in [0.05, 0.1) is 26.4 Å². The van der Waals surface area contributed by atoms with Crippen molar-refractivity contribution in [1.82, 2.24) is 4.98 Å².